The summed E-state index contributed by atoms with van der Waals surface area (Å²) in [6.07, 6.45) is 16.9. The van der Waals surface area contributed by atoms with Crippen LogP contribution >= 0.6 is 7.92 Å². The monoisotopic (exact) mass is 452 g/mol. The maximum Gasteiger partial charge on any atom is -0.0160 e. The van der Waals surface area contributed by atoms with Crippen LogP contribution in [0.25, 0.3) is 0 Å². The molecule has 0 amide bonds. The van der Waals surface area contributed by atoms with Crippen molar-refractivity contribution in [3.63, 3.8) is 0 Å². The highest BCUT2D eigenvalue weighted by atomic mass is 31.1. The molecule has 2 aromatic rings. The van der Waals surface area contributed by atoms with Crippen molar-refractivity contribution in [3.05, 3.63) is 58.1 Å². The standard InChI is InChI=1S/C31H49P/c1-7-11-15-24-32(30-21-16-17-25(5)26(30)6)31-23-22-27(18-12-8-2)28(19-13-9-3)29(31)20-14-10-4/h16-17,21-23H,7-15,18-20,24H2,1-6H3. The van der Waals surface area contributed by atoms with Gasteiger partial charge in [0.1, 0.15) is 0 Å². The maximum atomic E-state index is 2.57. The van der Waals surface area contributed by atoms with E-state index in [0.717, 1.165) is 0 Å². The number of hydrogen-bond donors (Lipinski definition) is 0. The van der Waals surface area contributed by atoms with E-state index in [9.17, 15) is 0 Å². The zero-order chi connectivity index (χ0) is 23.3. The normalized spacial score (nSPS) is 12.3. The molecule has 32 heavy (non-hydrogen) atoms. The lowest BCUT2D eigenvalue weighted by Crippen LogP contribution is -2.23. The van der Waals surface area contributed by atoms with Gasteiger partial charge in [0, 0.05) is 0 Å². The van der Waals surface area contributed by atoms with Gasteiger partial charge in [-0.2, -0.15) is 0 Å². The van der Waals surface area contributed by atoms with Gasteiger partial charge in [0.15, 0.2) is 0 Å². The van der Waals surface area contributed by atoms with Crippen molar-refractivity contribution in [2.45, 2.75) is 119 Å². The summed E-state index contributed by atoms with van der Waals surface area (Å²) in [5, 5.41) is 3.35. The lowest BCUT2D eigenvalue weighted by Gasteiger charge is -2.27. The molecule has 0 spiro atoms. The van der Waals surface area contributed by atoms with E-state index in [4.69, 9.17) is 0 Å². The van der Waals surface area contributed by atoms with Gasteiger partial charge in [-0.05, 0) is 111 Å². The Morgan fingerprint density at radius 3 is 1.88 bits per heavy atom. The lowest BCUT2D eigenvalue weighted by molar-refractivity contribution is 0.737. The van der Waals surface area contributed by atoms with Gasteiger partial charge in [-0.3, -0.25) is 0 Å². The first kappa shape index (κ1) is 27.1. The van der Waals surface area contributed by atoms with Crippen LogP contribution in [0.15, 0.2) is 30.3 Å². The molecule has 0 aliphatic carbocycles. The van der Waals surface area contributed by atoms with E-state index in [1.54, 1.807) is 27.3 Å². The van der Waals surface area contributed by atoms with Crippen LogP contribution < -0.4 is 10.6 Å². The fourth-order valence-corrected chi connectivity index (χ4v) is 7.76. The summed E-state index contributed by atoms with van der Waals surface area (Å²) in [6, 6.07) is 12.1. The van der Waals surface area contributed by atoms with Crippen LogP contribution in [0.3, 0.4) is 0 Å². The highest BCUT2D eigenvalue weighted by molar-refractivity contribution is 7.73. The van der Waals surface area contributed by atoms with Crippen molar-refractivity contribution in [2.75, 3.05) is 6.16 Å². The third-order valence-corrected chi connectivity index (χ3v) is 9.84. The largest absolute Gasteiger partial charge is 0.0654 e. The van der Waals surface area contributed by atoms with Gasteiger partial charge in [-0.1, -0.05) is 90.1 Å². The minimum absolute atomic E-state index is 0.293. The predicted molar refractivity (Wildman–Crippen MR) is 149 cm³/mol. The first-order valence-corrected chi connectivity index (χ1v) is 15.1. The van der Waals surface area contributed by atoms with Crippen molar-refractivity contribution < 1.29 is 0 Å². The molecule has 178 valence electrons. The fraction of sp³-hybridized carbons (Fsp3) is 0.613. The molecule has 0 bridgehead atoms. The minimum Gasteiger partial charge on any atom is -0.0654 e. The average Bonchev–Trinajstić information content (AvgIpc) is 2.80. The second-order valence-electron chi connectivity index (χ2n) is 9.59. The van der Waals surface area contributed by atoms with Gasteiger partial charge in [-0.25, -0.2) is 0 Å². The molecule has 0 heterocycles. The highest BCUT2D eigenvalue weighted by Gasteiger charge is 2.22. The summed E-state index contributed by atoms with van der Waals surface area (Å²) in [6.45, 7) is 14.0. The molecule has 0 aliphatic rings. The second-order valence-corrected chi connectivity index (χ2v) is 11.9. The van der Waals surface area contributed by atoms with Crippen LogP contribution in [0.5, 0.6) is 0 Å². The smallest absolute Gasteiger partial charge is 0.0160 e. The van der Waals surface area contributed by atoms with Crippen LogP contribution in [0.2, 0.25) is 0 Å². The van der Waals surface area contributed by atoms with E-state index in [2.05, 4.69) is 71.9 Å². The predicted octanol–water partition coefficient (Wildman–Crippen LogP) is 8.95. The molecule has 0 radical (unpaired) electrons. The molecule has 0 saturated carbocycles. The molecule has 0 aliphatic heterocycles. The minimum atomic E-state index is -0.293. The number of unbranched alkanes of at least 4 members (excludes halogenated alkanes) is 5. The van der Waals surface area contributed by atoms with Crippen molar-refractivity contribution in [1.82, 2.24) is 0 Å². The Morgan fingerprint density at radius 2 is 1.22 bits per heavy atom. The van der Waals surface area contributed by atoms with Gasteiger partial charge in [0.05, 0.1) is 0 Å². The Balaban J connectivity index is 2.64. The summed E-state index contributed by atoms with van der Waals surface area (Å²) < 4.78 is 0. The summed E-state index contributed by atoms with van der Waals surface area (Å²) in [5.74, 6) is 0. The van der Waals surface area contributed by atoms with Crippen LogP contribution in [0.4, 0.5) is 0 Å². The number of hydrogen-bond acceptors (Lipinski definition) is 0. The fourth-order valence-electron chi connectivity index (χ4n) is 4.80. The third kappa shape index (κ3) is 7.45. The number of rotatable bonds is 15. The van der Waals surface area contributed by atoms with Crippen LogP contribution in [0.1, 0.15) is 113 Å². The van der Waals surface area contributed by atoms with E-state index in [1.807, 2.05) is 0 Å². The van der Waals surface area contributed by atoms with E-state index >= 15 is 0 Å². The second kappa shape index (κ2) is 14.9. The molecule has 0 saturated heterocycles. The summed E-state index contributed by atoms with van der Waals surface area (Å²) in [7, 11) is -0.293. The molecule has 1 unspecified atom stereocenters. The number of benzene rings is 2. The molecular formula is C31H49P. The topological polar surface area (TPSA) is 0 Å². The Kier molecular flexibility index (Phi) is 12.6. The molecule has 1 atom stereocenters. The zero-order valence-electron chi connectivity index (χ0n) is 22.0. The molecular weight excluding hydrogens is 403 g/mol. The molecule has 0 nitrogen and oxygen atoms in total. The summed E-state index contributed by atoms with van der Waals surface area (Å²) in [5.41, 5.74) is 8.12. The van der Waals surface area contributed by atoms with E-state index < -0.39 is 0 Å². The average molecular weight is 453 g/mol. The molecule has 0 N–H and O–H groups in total. The Labute approximate surface area is 201 Å². The van der Waals surface area contributed by atoms with Gasteiger partial charge >= 0.3 is 0 Å². The quantitative estimate of drug-likeness (QED) is 0.187. The van der Waals surface area contributed by atoms with Crippen molar-refractivity contribution in [1.29, 1.82) is 0 Å². The van der Waals surface area contributed by atoms with Crippen LogP contribution in [0, 0.1) is 13.8 Å². The Bertz CT molecular complexity index is 804. The summed E-state index contributed by atoms with van der Waals surface area (Å²) >= 11 is 0. The maximum absolute atomic E-state index is 2.57. The van der Waals surface area contributed by atoms with Crippen LogP contribution in [-0.2, 0) is 19.3 Å². The molecule has 1 heteroatoms. The zero-order valence-corrected chi connectivity index (χ0v) is 22.9. The summed E-state index contributed by atoms with van der Waals surface area (Å²) in [4.78, 5) is 0. The molecule has 2 aromatic carbocycles. The molecule has 0 fully saturated rings. The number of aryl methyl sites for hydroxylation is 2. The van der Waals surface area contributed by atoms with Gasteiger partial charge in [0.2, 0.25) is 0 Å². The van der Waals surface area contributed by atoms with E-state index in [0.29, 0.717) is 0 Å². The first-order valence-electron chi connectivity index (χ1n) is 13.6. The van der Waals surface area contributed by atoms with Crippen molar-refractivity contribution in [3.8, 4) is 0 Å². The van der Waals surface area contributed by atoms with Crippen molar-refractivity contribution >= 4 is 18.5 Å². The first-order chi connectivity index (χ1) is 15.6. The molecule has 0 aromatic heterocycles. The van der Waals surface area contributed by atoms with Gasteiger partial charge in [-0.15, -0.1) is 0 Å². The van der Waals surface area contributed by atoms with Gasteiger partial charge in [0.25, 0.3) is 0 Å². The molecule has 2 rings (SSSR count). The van der Waals surface area contributed by atoms with E-state index in [1.165, 1.54) is 94.3 Å². The van der Waals surface area contributed by atoms with Crippen LogP contribution in [-0.4, -0.2) is 6.16 Å². The third-order valence-electron chi connectivity index (χ3n) is 7.01. The van der Waals surface area contributed by atoms with E-state index in [-0.39, 0.29) is 7.92 Å². The Morgan fingerprint density at radius 1 is 0.594 bits per heavy atom. The SMILES string of the molecule is CCCCCP(c1cccc(C)c1C)c1ccc(CCCC)c(CCCC)c1CCCC. The van der Waals surface area contributed by atoms with Gasteiger partial charge < -0.3 is 0 Å². The lowest BCUT2D eigenvalue weighted by atomic mass is 9.91. The van der Waals surface area contributed by atoms with Crippen molar-refractivity contribution in [2.24, 2.45) is 0 Å². The Hall–Kier alpha value is -1.13. The highest BCUT2D eigenvalue weighted by Crippen LogP contribution is 2.40.